The lowest BCUT2D eigenvalue weighted by Gasteiger charge is -2.15. The summed E-state index contributed by atoms with van der Waals surface area (Å²) >= 11 is 8.21. The predicted molar refractivity (Wildman–Crippen MR) is 48.3 cm³/mol. The Labute approximate surface area is 67.2 Å². The highest BCUT2D eigenvalue weighted by Gasteiger charge is 2.09. The Bertz CT molecular complexity index is 70.0. The topological polar surface area (TPSA) is 52.0 Å². The highest BCUT2D eigenvalue weighted by Crippen LogP contribution is 2.02. The van der Waals surface area contributed by atoms with Crippen LogP contribution in [0.25, 0.3) is 0 Å². The standard InChI is InChI=1S/C5H14N2S2/c6-3-5(9)4(7)1-2-8/h4-5,8-9H,1-3,6-7H2. The van der Waals surface area contributed by atoms with E-state index in [-0.39, 0.29) is 11.3 Å². The van der Waals surface area contributed by atoms with Gasteiger partial charge in [0.1, 0.15) is 0 Å². The lowest BCUT2D eigenvalue weighted by atomic mass is 10.2. The average Bonchev–Trinajstić information content (AvgIpc) is 1.87. The minimum Gasteiger partial charge on any atom is -0.329 e. The third-order valence-corrected chi connectivity index (χ3v) is 2.05. The summed E-state index contributed by atoms with van der Waals surface area (Å²) in [6, 6.07) is 0.0934. The van der Waals surface area contributed by atoms with Crippen LogP contribution in [-0.4, -0.2) is 23.6 Å². The van der Waals surface area contributed by atoms with Crippen molar-refractivity contribution in [2.24, 2.45) is 11.5 Å². The Morgan fingerprint density at radius 3 is 2.33 bits per heavy atom. The van der Waals surface area contributed by atoms with Crippen LogP contribution in [0.2, 0.25) is 0 Å². The van der Waals surface area contributed by atoms with Crippen LogP contribution in [0.5, 0.6) is 0 Å². The number of nitrogens with two attached hydrogens (primary N) is 2. The first-order valence-corrected chi connectivity index (χ1v) is 4.11. The predicted octanol–water partition coefficient (Wildman–Crippen LogP) is -0.109. The van der Waals surface area contributed by atoms with Crippen LogP contribution in [0, 0.1) is 0 Å². The molecule has 0 heterocycles. The molecule has 2 atom stereocenters. The van der Waals surface area contributed by atoms with Crippen LogP contribution >= 0.6 is 25.3 Å². The fraction of sp³-hybridized carbons (Fsp3) is 1.00. The van der Waals surface area contributed by atoms with Gasteiger partial charge in [-0.3, -0.25) is 0 Å². The summed E-state index contributed by atoms with van der Waals surface area (Å²) in [6.07, 6.45) is 0.883. The van der Waals surface area contributed by atoms with E-state index in [2.05, 4.69) is 25.3 Å². The SMILES string of the molecule is NCC(S)C(N)CCS. The van der Waals surface area contributed by atoms with Gasteiger partial charge in [-0.2, -0.15) is 25.3 Å². The van der Waals surface area contributed by atoms with Crippen LogP contribution < -0.4 is 11.5 Å². The highest BCUT2D eigenvalue weighted by molar-refractivity contribution is 7.81. The van der Waals surface area contributed by atoms with Gasteiger partial charge in [0.15, 0.2) is 0 Å². The lowest BCUT2D eigenvalue weighted by molar-refractivity contribution is 0.626. The van der Waals surface area contributed by atoms with Gasteiger partial charge in [-0.1, -0.05) is 0 Å². The molecule has 0 saturated heterocycles. The van der Waals surface area contributed by atoms with Crippen LogP contribution in [0.4, 0.5) is 0 Å². The molecular formula is C5H14N2S2. The van der Waals surface area contributed by atoms with Crippen molar-refractivity contribution in [2.75, 3.05) is 12.3 Å². The van der Waals surface area contributed by atoms with E-state index >= 15 is 0 Å². The number of hydrogen-bond donors (Lipinski definition) is 4. The van der Waals surface area contributed by atoms with E-state index in [0.29, 0.717) is 6.54 Å². The molecule has 0 bridgehead atoms. The largest absolute Gasteiger partial charge is 0.329 e. The molecule has 0 aliphatic rings. The van der Waals surface area contributed by atoms with Crippen LogP contribution in [0.3, 0.4) is 0 Å². The van der Waals surface area contributed by atoms with Crippen molar-refractivity contribution in [3.05, 3.63) is 0 Å². The fourth-order valence-corrected chi connectivity index (χ4v) is 0.963. The molecule has 0 aromatic carbocycles. The minimum absolute atomic E-state index is 0.0934. The first-order valence-electron chi connectivity index (χ1n) is 2.97. The number of thiol groups is 2. The van der Waals surface area contributed by atoms with Gasteiger partial charge >= 0.3 is 0 Å². The molecule has 0 aliphatic heterocycles. The number of hydrogen-bond acceptors (Lipinski definition) is 4. The third kappa shape index (κ3) is 4.08. The summed E-state index contributed by atoms with van der Waals surface area (Å²) < 4.78 is 0. The Kier molecular flexibility index (Phi) is 5.78. The second-order valence-corrected chi connectivity index (χ2v) is 3.09. The molecule has 9 heavy (non-hydrogen) atoms. The minimum atomic E-state index is 0.0934. The maximum Gasteiger partial charge on any atom is 0.0291 e. The molecule has 0 saturated carbocycles. The summed E-state index contributed by atoms with van der Waals surface area (Å²) in [4.78, 5) is 0. The summed E-state index contributed by atoms with van der Waals surface area (Å²) in [5.74, 6) is 0.804. The van der Waals surface area contributed by atoms with Gasteiger partial charge < -0.3 is 11.5 Å². The van der Waals surface area contributed by atoms with Gasteiger partial charge in [0, 0.05) is 17.8 Å². The van der Waals surface area contributed by atoms with Crippen molar-refractivity contribution in [3.63, 3.8) is 0 Å². The van der Waals surface area contributed by atoms with Crippen molar-refractivity contribution < 1.29 is 0 Å². The molecular weight excluding hydrogens is 152 g/mol. The summed E-state index contributed by atoms with van der Waals surface area (Å²) in [7, 11) is 0. The summed E-state index contributed by atoms with van der Waals surface area (Å²) in [5, 5.41) is 0.122. The lowest BCUT2D eigenvalue weighted by Crippen LogP contribution is -2.36. The zero-order chi connectivity index (χ0) is 7.28. The zero-order valence-corrected chi connectivity index (χ0v) is 7.11. The van der Waals surface area contributed by atoms with Crippen molar-refractivity contribution in [3.8, 4) is 0 Å². The second kappa shape index (κ2) is 5.41. The van der Waals surface area contributed by atoms with E-state index in [1.807, 2.05) is 0 Å². The van der Waals surface area contributed by atoms with Crippen LogP contribution in [0.1, 0.15) is 6.42 Å². The third-order valence-electron chi connectivity index (χ3n) is 1.20. The van der Waals surface area contributed by atoms with E-state index in [1.54, 1.807) is 0 Å². The van der Waals surface area contributed by atoms with Crippen molar-refractivity contribution in [1.29, 1.82) is 0 Å². The Morgan fingerprint density at radius 1 is 1.44 bits per heavy atom. The first kappa shape index (κ1) is 9.62. The molecule has 56 valence electrons. The average molecular weight is 166 g/mol. The van der Waals surface area contributed by atoms with Crippen molar-refractivity contribution >= 4 is 25.3 Å². The molecule has 0 amide bonds. The molecule has 0 fully saturated rings. The molecule has 0 radical (unpaired) electrons. The van der Waals surface area contributed by atoms with Gasteiger partial charge in [0.2, 0.25) is 0 Å². The molecule has 0 aromatic heterocycles. The summed E-state index contributed by atoms with van der Waals surface area (Å²) in [6.45, 7) is 0.540. The van der Waals surface area contributed by atoms with Crippen LogP contribution in [0.15, 0.2) is 0 Å². The fourth-order valence-electron chi connectivity index (χ4n) is 0.516. The normalized spacial score (nSPS) is 17.3. The molecule has 2 nitrogen and oxygen atoms in total. The van der Waals surface area contributed by atoms with E-state index in [1.165, 1.54) is 0 Å². The maximum atomic E-state index is 5.63. The molecule has 2 unspecified atom stereocenters. The highest BCUT2D eigenvalue weighted by atomic mass is 32.1. The molecule has 4 heteroatoms. The van der Waals surface area contributed by atoms with Gasteiger partial charge in [0.05, 0.1) is 0 Å². The first-order chi connectivity index (χ1) is 4.22. The van der Waals surface area contributed by atoms with E-state index in [0.717, 1.165) is 12.2 Å². The molecule has 0 aliphatic carbocycles. The van der Waals surface area contributed by atoms with E-state index < -0.39 is 0 Å². The molecule has 0 aromatic rings. The molecule has 0 rings (SSSR count). The smallest absolute Gasteiger partial charge is 0.0291 e. The monoisotopic (exact) mass is 166 g/mol. The van der Waals surface area contributed by atoms with Gasteiger partial charge in [-0.05, 0) is 12.2 Å². The van der Waals surface area contributed by atoms with Crippen molar-refractivity contribution in [2.45, 2.75) is 17.7 Å². The van der Waals surface area contributed by atoms with Gasteiger partial charge in [-0.15, -0.1) is 0 Å². The van der Waals surface area contributed by atoms with Crippen molar-refractivity contribution in [1.82, 2.24) is 0 Å². The van der Waals surface area contributed by atoms with E-state index in [4.69, 9.17) is 11.5 Å². The Balaban J connectivity index is 3.32. The Morgan fingerprint density at radius 2 is 2.00 bits per heavy atom. The molecule has 4 N–H and O–H groups in total. The van der Waals surface area contributed by atoms with Crippen LogP contribution in [-0.2, 0) is 0 Å². The van der Waals surface area contributed by atoms with E-state index in [9.17, 15) is 0 Å². The maximum absolute atomic E-state index is 5.63. The summed E-state index contributed by atoms with van der Waals surface area (Å²) in [5.41, 5.74) is 11.0. The zero-order valence-electron chi connectivity index (χ0n) is 5.33. The number of rotatable bonds is 4. The Hall–Kier alpha value is 0.620. The second-order valence-electron chi connectivity index (χ2n) is 1.98. The van der Waals surface area contributed by atoms with Gasteiger partial charge in [0.25, 0.3) is 0 Å². The molecule has 0 spiro atoms. The van der Waals surface area contributed by atoms with Gasteiger partial charge in [-0.25, -0.2) is 0 Å². The quantitative estimate of drug-likeness (QED) is 0.441.